The van der Waals surface area contributed by atoms with Gasteiger partial charge in [0.05, 0.1) is 0 Å². The summed E-state index contributed by atoms with van der Waals surface area (Å²) < 4.78 is 0. The van der Waals surface area contributed by atoms with Gasteiger partial charge in [0, 0.05) is 50.5 Å². The highest BCUT2D eigenvalue weighted by Crippen LogP contribution is 2.18. The van der Waals surface area contributed by atoms with E-state index in [9.17, 15) is 14.4 Å². The number of carbonyl (C=O) groups is 3. The molecule has 4 N–H and O–H groups in total. The van der Waals surface area contributed by atoms with Crippen LogP contribution in [0.25, 0.3) is 0 Å². The summed E-state index contributed by atoms with van der Waals surface area (Å²) in [6, 6.07) is 0.0622. The standard InChI is InChI=1S/C18H34N4O3/c1-18(2,3)17(25)20-11-6-8-16(24)22-12-5-4-7-14(22)13-21-15(23)9-10-19/h14H,4-13,19H2,1-3H3,(H,20,25)(H,21,23). The fraction of sp³-hybridized carbons (Fsp3) is 0.833. The smallest absolute Gasteiger partial charge is 0.225 e. The quantitative estimate of drug-likeness (QED) is 0.560. The van der Waals surface area contributed by atoms with Gasteiger partial charge in [0.2, 0.25) is 17.7 Å². The molecule has 7 nitrogen and oxygen atoms in total. The third kappa shape index (κ3) is 7.86. The van der Waals surface area contributed by atoms with Crippen LogP contribution in [0.1, 0.15) is 59.3 Å². The van der Waals surface area contributed by atoms with E-state index in [1.807, 2.05) is 25.7 Å². The summed E-state index contributed by atoms with van der Waals surface area (Å²) in [6.07, 6.45) is 4.34. The lowest BCUT2D eigenvalue weighted by atomic mass is 9.96. The highest BCUT2D eigenvalue weighted by molar-refractivity contribution is 5.81. The van der Waals surface area contributed by atoms with E-state index in [-0.39, 0.29) is 23.8 Å². The molecule has 0 bridgehead atoms. The van der Waals surface area contributed by atoms with Gasteiger partial charge in [-0.3, -0.25) is 14.4 Å². The van der Waals surface area contributed by atoms with Crippen molar-refractivity contribution in [2.45, 2.75) is 65.3 Å². The van der Waals surface area contributed by atoms with Gasteiger partial charge >= 0.3 is 0 Å². The van der Waals surface area contributed by atoms with Gasteiger partial charge in [-0.25, -0.2) is 0 Å². The normalized spacial score (nSPS) is 17.9. The third-order valence-electron chi connectivity index (χ3n) is 4.39. The average Bonchev–Trinajstić information content (AvgIpc) is 2.56. The Labute approximate surface area is 151 Å². The SMILES string of the molecule is CC(C)(C)C(=O)NCCCC(=O)N1CCCCC1CNC(=O)CCN. The van der Waals surface area contributed by atoms with E-state index < -0.39 is 5.41 Å². The summed E-state index contributed by atoms with van der Waals surface area (Å²) >= 11 is 0. The van der Waals surface area contributed by atoms with Crippen molar-refractivity contribution in [2.75, 3.05) is 26.2 Å². The Morgan fingerprint density at radius 3 is 2.48 bits per heavy atom. The molecular weight excluding hydrogens is 320 g/mol. The minimum Gasteiger partial charge on any atom is -0.356 e. The van der Waals surface area contributed by atoms with Crippen molar-refractivity contribution in [3.63, 3.8) is 0 Å². The van der Waals surface area contributed by atoms with Gasteiger partial charge in [0.15, 0.2) is 0 Å². The van der Waals surface area contributed by atoms with Crippen molar-refractivity contribution in [2.24, 2.45) is 11.1 Å². The van der Waals surface area contributed by atoms with E-state index in [1.54, 1.807) is 0 Å². The number of carbonyl (C=O) groups excluding carboxylic acids is 3. The van der Waals surface area contributed by atoms with E-state index in [2.05, 4.69) is 10.6 Å². The Kier molecular flexibility index (Phi) is 8.89. The molecule has 1 aliphatic rings. The molecule has 1 unspecified atom stereocenters. The summed E-state index contributed by atoms with van der Waals surface area (Å²) in [5.41, 5.74) is 4.96. The number of piperidine rings is 1. The first-order chi connectivity index (χ1) is 11.8. The molecule has 1 rings (SSSR count). The van der Waals surface area contributed by atoms with Crippen molar-refractivity contribution >= 4 is 17.7 Å². The minimum absolute atomic E-state index is 0.00147. The topological polar surface area (TPSA) is 105 Å². The second-order valence-corrected chi connectivity index (χ2v) is 7.69. The monoisotopic (exact) mass is 354 g/mol. The Hall–Kier alpha value is -1.63. The van der Waals surface area contributed by atoms with Crippen LogP contribution < -0.4 is 16.4 Å². The van der Waals surface area contributed by atoms with Crippen LogP contribution >= 0.6 is 0 Å². The first-order valence-corrected chi connectivity index (χ1v) is 9.30. The zero-order chi connectivity index (χ0) is 18.9. The van der Waals surface area contributed by atoms with Crippen LogP contribution in [0.5, 0.6) is 0 Å². The molecule has 1 saturated heterocycles. The van der Waals surface area contributed by atoms with Gasteiger partial charge in [-0.2, -0.15) is 0 Å². The number of nitrogens with two attached hydrogens (primary N) is 1. The first kappa shape index (κ1) is 21.4. The van der Waals surface area contributed by atoms with Gasteiger partial charge in [0.25, 0.3) is 0 Å². The van der Waals surface area contributed by atoms with E-state index in [0.717, 1.165) is 25.8 Å². The number of hydrogen-bond acceptors (Lipinski definition) is 4. The van der Waals surface area contributed by atoms with Gasteiger partial charge in [-0.05, 0) is 25.7 Å². The van der Waals surface area contributed by atoms with E-state index in [1.165, 1.54) is 0 Å². The maximum atomic E-state index is 12.5. The molecule has 0 spiro atoms. The Bertz CT molecular complexity index is 460. The zero-order valence-electron chi connectivity index (χ0n) is 15.9. The fourth-order valence-corrected chi connectivity index (χ4v) is 2.84. The molecule has 1 atom stereocenters. The lowest BCUT2D eigenvalue weighted by molar-refractivity contribution is -0.136. The molecule has 0 aromatic carbocycles. The lowest BCUT2D eigenvalue weighted by Crippen LogP contribution is -2.49. The Morgan fingerprint density at radius 1 is 1.12 bits per heavy atom. The average molecular weight is 354 g/mol. The predicted molar refractivity (Wildman–Crippen MR) is 97.7 cm³/mol. The molecule has 0 aromatic rings. The summed E-state index contributed by atoms with van der Waals surface area (Å²) in [6.45, 7) is 7.67. The Morgan fingerprint density at radius 2 is 1.84 bits per heavy atom. The van der Waals surface area contributed by atoms with Gasteiger partial charge in [-0.15, -0.1) is 0 Å². The van der Waals surface area contributed by atoms with Gasteiger partial charge in [0.1, 0.15) is 0 Å². The first-order valence-electron chi connectivity index (χ1n) is 9.30. The largest absolute Gasteiger partial charge is 0.356 e. The van der Waals surface area contributed by atoms with Crippen LogP contribution in [0.15, 0.2) is 0 Å². The predicted octanol–water partition coefficient (Wildman–Crippen LogP) is 0.775. The highest BCUT2D eigenvalue weighted by atomic mass is 16.2. The van der Waals surface area contributed by atoms with E-state index in [0.29, 0.717) is 38.9 Å². The number of amides is 3. The highest BCUT2D eigenvalue weighted by Gasteiger charge is 2.26. The molecule has 7 heteroatoms. The van der Waals surface area contributed by atoms with Crippen molar-refractivity contribution < 1.29 is 14.4 Å². The number of nitrogens with zero attached hydrogens (tertiary/aromatic N) is 1. The van der Waals surface area contributed by atoms with Crippen LogP contribution in [0.4, 0.5) is 0 Å². The van der Waals surface area contributed by atoms with E-state index >= 15 is 0 Å². The van der Waals surface area contributed by atoms with Crippen LogP contribution in [-0.4, -0.2) is 54.8 Å². The van der Waals surface area contributed by atoms with Crippen LogP contribution in [-0.2, 0) is 14.4 Å². The second-order valence-electron chi connectivity index (χ2n) is 7.69. The van der Waals surface area contributed by atoms with E-state index in [4.69, 9.17) is 5.73 Å². The number of nitrogens with one attached hydrogen (secondary N) is 2. The summed E-state index contributed by atoms with van der Waals surface area (Å²) in [5.74, 6) is 0.0339. The van der Waals surface area contributed by atoms with Crippen LogP contribution in [0, 0.1) is 5.41 Å². The van der Waals surface area contributed by atoms with Crippen molar-refractivity contribution in [1.29, 1.82) is 0 Å². The van der Waals surface area contributed by atoms with Crippen LogP contribution in [0.3, 0.4) is 0 Å². The second kappa shape index (κ2) is 10.4. The number of rotatable bonds is 8. The number of hydrogen-bond donors (Lipinski definition) is 3. The summed E-state index contributed by atoms with van der Waals surface area (Å²) in [4.78, 5) is 37.8. The molecule has 0 saturated carbocycles. The third-order valence-corrected chi connectivity index (χ3v) is 4.39. The zero-order valence-corrected chi connectivity index (χ0v) is 15.9. The lowest BCUT2D eigenvalue weighted by Gasteiger charge is -2.36. The molecule has 0 aromatic heterocycles. The summed E-state index contributed by atoms with van der Waals surface area (Å²) in [7, 11) is 0. The van der Waals surface area contributed by atoms with Gasteiger partial charge in [-0.1, -0.05) is 20.8 Å². The number of likely N-dealkylation sites (tertiary alicyclic amines) is 1. The van der Waals surface area contributed by atoms with Crippen LogP contribution in [0.2, 0.25) is 0 Å². The fourth-order valence-electron chi connectivity index (χ4n) is 2.84. The van der Waals surface area contributed by atoms with Crippen molar-refractivity contribution in [3.8, 4) is 0 Å². The molecule has 3 amide bonds. The summed E-state index contributed by atoms with van der Waals surface area (Å²) in [5, 5.41) is 5.73. The van der Waals surface area contributed by atoms with Crippen molar-refractivity contribution in [3.05, 3.63) is 0 Å². The van der Waals surface area contributed by atoms with Crippen molar-refractivity contribution in [1.82, 2.24) is 15.5 Å². The molecule has 0 aliphatic carbocycles. The molecular formula is C18H34N4O3. The molecule has 1 aliphatic heterocycles. The maximum absolute atomic E-state index is 12.5. The minimum atomic E-state index is -0.413. The maximum Gasteiger partial charge on any atom is 0.225 e. The molecule has 0 radical (unpaired) electrons. The molecule has 25 heavy (non-hydrogen) atoms. The molecule has 1 fully saturated rings. The molecule has 1 heterocycles. The Balaban J connectivity index is 2.38. The molecule has 144 valence electrons. The van der Waals surface area contributed by atoms with Gasteiger partial charge < -0.3 is 21.3 Å².